The van der Waals surface area contributed by atoms with Gasteiger partial charge in [-0.15, -0.1) is 0 Å². The van der Waals surface area contributed by atoms with Crippen molar-refractivity contribution in [2.75, 3.05) is 41.3 Å². The monoisotopic (exact) mass is 449 g/mol. The summed E-state index contributed by atoms with van der Waals surface area (Å²) in [5.41, 5.74) is 0.612. The van der Waals surface area contributed by atoms with Crippen molar-refractivity contribution in [3.8, 4) is 0 Å². The Morgan fingerprint density at radius 1 is 0.969 bits per heavy atom. The Bertz CT molecular complexity index is 1220. The number of fused-ring (bicyclic) bond motifs is 1. The first-order valence-electron chi connectivity index (χ1n) is 10.2. The van der Waals surface area contributed by atoms with E-state index in [1.165, 1.54) is 12.5 Å². The molecular formula is C21H20ClN9O. The topological polar surface area (TPSA) is 105 Å². The average Bonchev–Trinajstić information content (AvgIpc) is 3.24. The predicted molar refractivity (Wildman–Crippen MR) is 122 cm³/mol. The summed E-state index contributed by atoms with van der Waals surface area (Å²) < 4.78 is 1.57. The number of anilines is 3. The normalized spacial score (nSPS) is 14.0. The molecule has 1 amide bonds. The molecule has 1 saturated heterocycles. The summed E-state index contributed by atoms with van der Waals surface area (Å²) in [6.45, 7) is 3.30. The SMILES string of the molecule is O=C(Cn1ncc2c(N3CCN(c4ccccn4)CC3)ncnc21)Nc1ccc(Cl)cn1. The molecular weight excluding hydrogens is 430 g/mol. The maximum Gasteiger partial charge on any atom is 0.247 e. The van der Waals surface area contributed by atoms with Crippen LogP contribution in [0.2, 0.25) is 5.02 Å². The Kier molecular flexibility index (Phi) is 5.51. The number of carbonyl (C=O) groups is 1. The molecule has 0 unspecified atom stereocenters. The number of pyridine rings is 2. The Morgan fingerprint density at radius 2 is 1.81 bits per heavy atom. The van der Waals surface area contributed by atoms with E-state index >= 15 is 0 Å². The number of piperazine rings is 1. The van der Waals surface area contributed by atoms with Crippen LogP contribution in [0, 0.1) is 0 Å². The molecule has 5 rings (SSSR count). The number of aromatic nitrogens is 6. The van der Waals surface area contributed by atoms with Crippen LogP contribution < -0.4 is 15.1 Å². The minimum Gasteiger partial charge on any atom is -0.353 e. The molecule has 162 valence electrons. The molecule has 0 spiro atoms. The molecule has 5 heterocycles. The maximum absolute atomic E-state index is 12.5. The minimum atomic E-state index is -0.256. The Hall–Kier alpha value is -3.79. The second kappa shape index (κ2) is 8.75. The Labute approximate surface area is 188 Å². The molecule has 0 radical (unpaired) electrons. The van der Waals surface area contributed by atoms with Crippen molar-refractivity contribution < 1.29 is 4.79 Å². The van der Waals surface area contributed by atoms with Crippen LogP contribution in [-0.2, 0) is 11.3 Å². The Morgan fingerprint density at radius 3 is 2.56 bits per heavy atom. The molecule has 0 bridgehead atoms. The van der Waals surface area contributed by atoms with Gasteiger partial charge in [-0.2, -0.15) is 5.10 Å². The first-order valence-corrected chi connectivity index (χ1v) is 10.5. The molecule has 4 aromatic rings. The van der Waals surface area contributed by atoms with E-state index in [9.17, 15) is 4.79 Å². The minimum absolute atomic E-state index is 0.0116. The summed E-state index contributed by atoms with van der Waals surface area (Å²) in [6.07, 6.45) is 6.51. The second-order valence-corrected chi connectivity index (χ2v) is 7.75. The lowest BCUT2D eigenvalue weighted by Gasteiger charge is -2.36. The highest BCUT2D eigenvalue weighted by Gasteiger charge is 2.22. The average molecular weight is 450 g/mol. The third kappa shape index (κ3) is 4.17. The highest BCUT2D eigenvalue weighted by atomic mass is 35.5. The smallest absolute Gasteiger partial charge is 0.247 e. The summed E-state index contributed by atoms with van der Waals surface area (Å²) in [4.78, 5) is 34.3. The molecule has 1 aliphatic heterocycles. The molecule has 0 atom stereocenters. The number of nitrogens with zero attached hydrogens (tertiary/aromatic N) is 8. The van der Waals surface area contributed by atoms with Crippen LogP contribution in [0.3, 0.4) is 0 Å². The van der Waals surface area contributed by atoms with Crippen molar-refractivity contribution in [3.63, 3.8) is 0 Å². The number of amides is 1. The molecule has 1 fully saturated rings. The maximum atomic E-state index is 12.5. The lowest BCUT2D eigenvalue weighted by atomic mass is 10.2. The van der Waals surface area contributed by atoms with E-state index < -0.39 is 0 Å². The molecule has 4 aromatic heterocycles. The van der Waals surface area contributed by atoms with E-state index in [1.807, 2.05) is 24.4 Å². The summed E-state index contributed by atoms with van der Waals surface area (Å²) >= 11 is 5.83. The van der Waals surface area contributed by atoms with Gasteiger partial charge < -0.3 is 15.1 Å². The summed E-state index contributed by atoms with van der Waals surface area (Å²) in [5, 5.41) is 8.43. The summed E-state index contributed by atoms with van der Waals surface area (Å²) in [5.74, 6) is 1.97. The van der Waals surface area contributed by atoms with Crippen molar-refractivity contribution >= 4 is 46.0 Å². The zero-order chi connectivity index (χ0) is 21.9. The molecule has 10 nitrogen and oxygen atoms in total. The van der Waals surface area contributed by atoms with Gasteiger partial charge >= 0.3 is 0 Å². The fourth-order valence-corrected chi connectivity index (χ4v) is 3.82. The van der Waals surface area contributed by atoms with E-state index in [2.05, 4.69) is 40.2 Å². The van der Waals surface area contributed by atoms with E-state index in [1.54, 1.807) is 23.0 Å². The highest BCUT2D eigenvalue weighted by molar-refractivity contribution is 6.30. The zero-order valence-electron chi connectivity index (χ0n) is 17.1. The molecule has 0 aromatic carbocycles. The fraction of sp³-hybridized carbons (Fsp3) is 0.238. The second-order valence-electron chi connectivity index (χ2n) is 7.31. The van der Waals surface area contributed by atoms with Gasteiger partial charge in [-0.05, 0) is 24.3 Å². The lowest BCUT2D eigenvalue weighted by Crippen LogP contribution is -2.47. The standard InChI is InChI=1S/C21H20ClN9O/c22-15-4-5-17(24-11-15)28-19(32)13-31-21-16(12-27-31)20(25-14-26-21)30-9-7-29(8-10-30)18-3-1-2-6-23-18/h1-6,11-12,14H,7-10,13H2,(H,24,28,32). The van der Waals surface area contributed by atoms with Gasteiger partial charge in [0.1, 0.15) is 30.3 Å². The van der Waals surface area contributed by atoms with Crippen LogP contribution in [0.5, 0.6) is 0 Å². The molecule has 1 aliphatic rings. The van der Waals surface area contributed by atoms with E-state index in [4.69, 9.17) is 11.6 Å². The van der Waals surface area contributed by atoms with Gasteiger partial charge in [0.25, 0.3) is 0 Å². The first-order chi connectivity index (χ1) is 15.7. The molecule has 0 aliphatic carbocycles. The van der Waals surface area contributed by atoms with Crippen LogP contribution in [0.25, 0.3) is 11.0 Å². The van der Waals surface area contributed by atoms with Gasteiger partial charge in [0.2, 0.25) is 5.91 Å². The lowest BCUT2D eigenvalue weighted by molar-refractivity contribution is -0.116. The van der Waals surface area contributed by atoms with Crippen LogP contribution in [-0.4, -0.2) is 61.8 Å². The highest BCUT2D eigenvalue weighted by Crippen LogP contribution is 2.24. The third-order valence-corrected chi connectivity index (χ3v) is 5.48. The molecule has 1 N–H and O–H groups in total. The zero-order valence-corrected chi connectivity index (χ0v) is 17.9. The van der Waals surface area contributed by atoms with Gasteiger partial charge in [-0.25, -0.2) is 24.6 Å². The van der Waals surface area contributed by atoms with Crippen LogP contribution >= 0.6 is 11.6 Å². The van der Waals surface area contributed by atoms with E-state index in [0.29, 0.717) is 16.5 Å². The van der Waals surface area contributed by atoms with Gasteiger partial charge in [0.05, 0.1) is 16.6 Å². The van der Waals surface area contributed by atoms with Crippen molar-refractivity contribution in [1.29, 1.82) is 0 Å². The fourth-order valence-electron chi connectivity index (χ4n) is 3.70. The number of rotatable bonds is 5. The van der Waals surface area contributed by atoms with Crippen molar-refractivity contribution in [1.82, 2.24) is 29.7 Å². The quantitative estimate of drug-likeness (QED) is 0.494. The predicted octanol–water partition coefficient (Wildman–Crippen LogP) is 2.23. The Balaban J connectivity index is 1.29. The largest absolute Gasteiger partial charge is 0.353 e. The number of hydrogen-bond donors (Lipinski definition) is 1. The molecule has 32 heavy (non-hydrogen) atoms. The number of hydrogen-bond acceptors (Lipinski definition) is 8. The van der Waals surface area contributed by atoms with Crippen molar-refractivity contribution in [2.24, 2.45) is 0 Å². The van der Waals surface area contributed by atoms with Gasteiger partial charge in [-0.3, -0.25) is 4.79 Å². The van der Waals surface area contributed by atoms with E-state index in [0.717, 1.165) is 43.2 Å². The first kappa shape index (κ1) is 20.1. The van der Waals surface area contributed by atoms with Crippen LogP contribution in [0.1, 0.15) is 0 Å². The molecule has 0 saturated carbocycles. The number of nitrogens with one attached hydrogen (secondary N) is 1. The summed E-state index contributed by atoms with van der Waals surface area (Å²) in [7, 11) is 0. The van der Waals surface area contributed by atoms with Gasteiger partial charge in [0, 0.05) is 38.6 Å². The summed E-state index contributed by atoms with van der Waals surface area (Å²) in [6, 6.07) is 9.25. The van der Waals surface area contributed by atoms with Crippen LogP contribution in [0.15, 0.2) is 55.2 Å². The van der Waals surface area contributed by atoms with Crippen LogP contribution in [0.4, 0.5) is 17.5 Å². The van der Waals surface area contributed by atoms with Gasteiger partial charge in [0.15, 0.2) is 5.65 Å². The number of halogens is 1. The van der Waals surface area contributed by atoms with Gasteiger partial charge in [-0.1, -0.05) is 17.7 Å². The van der Waals surface area contributed by atoms with Crippen molar-refractivity contribution in [2.45, 2.75) is 6.54 Å². The number of carbonyl (C=O) groups excluding carboxylic acids is 1. The van der Waals surface area contributed by atoms with Crippen molar-refractivity contribution in [3.05, 3.63) is 60.3 Å². The third-order valence-electron chi connectivity index (χ3n) is 5.25. The van der Waals surface area contributed by atoms with E-state index in [-0.39, 0.29) is 12.5 Å². The molecule has 11 heteroatoms.